The minimum atomic E-state index is -0.806. The third-order valence-corrected chi connectivity index (χ3v) is 6.46. The average molecular weight is 387 g/mol. The highest BCUT2D eigenvalue weighted by atomic mass is 35.5. The molecule has 7 nitrogen and oxygen atoms in total. The highest BCUT2D eigenvalue weighted by Crippen LogP contribution is 2.38. The molecule has 3 unspecified atom stereocenters. The number of hydrogen-bond donors (Lipinski definition) is 2. The Labute approximate surface area is 161 Å². The zero-order chi connectivity index (χ0) is 18.4. The number of rotatable bonds is 2. The van der Waals surface area contributed by atoms with Crippen molar-refractivity contribution in [3.63, 3.8) is 0 Å². The highest BCUT2D eigenvalue weighted by Gasteiger charge is 2.55. The molecule has 0 bridgehead atoms. The summed E-state index contributed by atoms with van der Waals surface area (Å²) in [5.74, 6) is -0.306. The number of nitrogens with two attached hydrogens (primary N) is 1. The first-order valence-electron chi connectivity index (χ1n) is 9.35. The van der Waals surface area contributed by atoms with Gasteiger partial charge < -0.3 is 16.0 Å². The van der Waals surface area contributed by atoms with Crippen LogP contribution in [0.25, 0.3) is 0 Å². The van der Waals surface area contributed by atoms with Crippen LogP contribution in [0.1, 0.15) is 52.9 Å². The van der Waals surface area contributed by atoms with Crippen LogP contribution >= 0.6 is 12.4 Å². The van der Waals surface area contributed by atoms with E-state index in [1.807, 2.05) is 20.8 Å². The van der Waals surface area contributed by atoms with E-state index in [0.29, 0.717) is 19.5 Å². The third-order valence-electron chi connectivity index (χ3n) is 6.46. The fraction of sp³-hybridized carbons (Fsp3) is 0.833. The second kappa shape index (κ2) is 7.35. The van der Waals surface area contributed by atoms with Crippen LogP contribution in [0.3, 0.4) is 0 Å². The summed E-state index contributed by atoms with van der Waals surface area (Å²) in [6.45, 7) is 7.06. The first kappa shape index (κ1) is 21.0. The smallest absolute Gasteiger partial charge is 0.325 e. The van der Waals surface area contributed by atoms with Gasteiger partial charge >= 0.3 is 6.03 Å². The molecular weight excluding hydrogens is 356 g/mol. The van der Waals surface area contributed by atoms with Crippen LogP contribution in [-0.4, -0.2) is 58.9 Å². The van der Waals surface area contributed by atoms with Crippen molar-refractivity contribution in [2.45, 2.75) is 64.5 Å². The van der Waals surface area contributed by atoms with Gasteiger partial charge in [-0.3, -0.25) is 14.5 Å². The molecule has 8 heteroatoms. The largest absolute Gasteiger partial charge is 0.340 e. The van der Waals surface area contributed by atoms with Gasteiger partial charge in [-0.15, -0.1) is 12.4 Å². The molecule has 1 aliphatic carbocycles. The van der Waals surface area contributed by atoms with Crippen molar-refractivity contribution in [2.24, 2.45) is 17.1 Å². The summed E-state index contributed by atoms with van der Waals surface area (Å²) in [7, 11) is 0. The number of nitrogens with one attached hydrogen (secondary N) is 1. The topological polar surface area (TPSA) is 95.7 Å². The van der Waals surface area contributed by atoms with Crippen LogP contribution in [-0.2, 0) is 9.59 Å². The number of carbonyl (C=O) groups is 3. The lowest BCUT2D eigenvalue weighted by molar-refractivity contribution is -0.142. The van der Waals surface area contributed by atoms with Crippen LogP contribution in [0, 0.1) is 11.3 Å². The SMILES string of the molecule is CC1CCCCC12NC(=O)N(CC(=O)N1CCC(N)C(C)(C)C1)C2=O.Cl. The van der Waals surface area contributed by atoms with E-state index in [4.69, 9.17) is 5.73 Å². The number of hydrogen-bond acceptors (Lipinski definition) is 4. The zero-order valence-corrected chi connectivity index (χ0v) is 16.7. The molecule has 4 amide bonds. The molecule has 3 aliphatic rings. The van der Waals surface area contributed by atoms with E-state index in [9.17, 15) is 14.4 Å². The molecule has 26 heavy (non-hydrogen) atoms. The normalized spacial score (nSPS) is 33.8. The van der Waals surface area contributed by atoms with E-state index in [0.717, 1.165) is 30.6 Å². The Balaban J connectivity index is 0.00000243. The van der Waals surface area contributed by atoms with Crippen molar-refractivity contribution >= 4 is 30.3 Å². The van der Waals surface area contributed by atoms with E-state index in [1.54, 1.807) is 4.90 Å². The van der Waals surface area contributed by atoms with Crippen molar-refractivity contribution in [3.05, 3.63) is 0 Å². The van der Waals surface area contributed by atoms with Gasteiger partial charge in [0.1, 0.15) is 12.1 Å². The summed E-state index contributed by atoms with van der Waals surface area (Å²) in [6.07, 6.45) is 4.32. The van der Waals surface area contributed by atoms with E-state index in [-0.39, 0.29) is 48.1 Å². The molecule has 2 saturated heterocycles. The van der Waals surface area contributed by atoms with Gasteiger partial charge in [0, 0.05) is 19.1 Å². The second-order valence-corrected chi connectivity index (χ2v) is 8.64. The Morgan fingerprint density at radius 3 is 2.58 bits per heavy atom. The van der Waals surface area contributed by atoms with Crippen LogP contribution < -0.4 is 11.1 Å². The summed E-state index contributed by atoms with van der Waals surface area (Å²) < 4.78 is 0. The zero-order valence-electron chi connectivity index (χ0n) is 15.9. The second-order valence-electron chi connectivity index (χ2n) is 8.64. The maximum Gasteiger partial charge on any atom is 0.325 e. The Morgan fingerprint density at radius 1 is 1.27 bits per heavy atom. The summed E-state index contributed by atoms with van der Waals surface area (Å²) >= 11 is 0. The Hall–Kier alpha value is -1.34. The van der Waals surface area contributed by atoms with Crippen LogP contribution in [0.2, 0.25) is 0 Å². The minimum Gasteiger partial charge on any atom is -0.340 e. The summed E-state index contributed by atoms with van der Waals surface area (Å²) in [6, 6.07) is -0.375. The van der Waals surface area contributed by atoms with Gasteiger partial charge in [-0.25, -0.2) is 4.79 Å². The lowest BCUT2D eigenvalue weighted by Crippen LogP contribution is -2.56. The molecule has 2 aliphatic heterocycles. The Bertz CT molecular complexity index is 597. The quantitative estimate of drug-likeness (QED) is 0.703. The minimum absolute atomic E-state index is 0. The van der Waals surface area contributed by atoms with Gasteiger partial charge in [0.2, 0.25) is 5.91 Å². The molecule has 1 saturated carbocycles. The molecule has 148 valence electrons. The van der Waals surface area contributed by atoms with Gasteiger partial charge in [0.05, 0.1) is 0 Å². The lowest BCUT2D eigenvalue weighted by atomic mass is 9.73. The van der Waals surface area contributed by atoms with Crippen LogP contribution in [0.4, 0.5) is 4.79 Å². The summed E-state index contributed by atoms with van der Waals surface area (Å²) in [4.78, 5) is 40.9. The first-order valence-corrected chi connectivity index (χ1v) is 9.35. The number of nitrogens with zero attached hydrogens (tertiary/aromatic N) is 2. The molecule has 2 heterocycles. The fourth-order valence-corrected chi connectivity index (χ4v) is 4.46. The molecule has 0 aromatic rings. The predicted octanol–water partition coefficient (Wildman–Crippen LogP) is 1.49. The maximum atomic E-state index is 13.0. The molecule has 1 spiro atoms. The standard InChI is InChI=1S/C18H30N4O3.ClH/c1-12-6-4-5-8-18(12)15(24)22(16(25)20-18)10-14(23)21-9-7-13(19)17(2,3)11-21;/h12-13H,4-11,19H2,1-3H3,(H,20,25);1H. The summed E-state index contributed by atoms with van der Waals surface area (Å²) in [5, 5.41) is 2.90. The number of amides is 4. The highest BCUT2D eigenvalue weighted by molar-refractivity contribution is 6.09. The van der Waals surface area contributed by atoms with Crippen molar-refractivity contribution in [1.82, 2.24) is 15.1 Å². The van der Waals surface area contributed by atoms with Gasteiger partial charge in [-0.1, -0.05) is 33.6 Å². The molecule has 0 radical (unpaired) electrons. The number of piperidine rings is 1. The van der Waals surface area contributed by atoms with E-state index >= 15 is 0 Å². The van der Waals surface area contributed by atoms with Gasteiger partial charge in [0.25, 0.3) is 5.91 Å². The van der Waals surface area contributed by atoms with Gasteiger partial charge in [-0.05, 0) is 30.6 Å². The van der Waals surface area contributed by atoms with Crippen molar-refractivity contribution in [1.29, 1.82) is 0 Å². The number of carbonyl (C=O) groups excluding carboxylic acids is 3. The van der Waals surface area contributed by atoms with Gasteiger partial charge in [-0.2, -0.15) is 0 Å². The number of likely N-dealkylation sites (tertiary alicyclic amines) is 1. The molecule has 0 aromatic heterocycles. The molecule has 3 atom stereocenters. The van der Waals surface area contributed by atoms with Crippen molar-refractivity contribution < 1.29 is 14.4 Å². The molecule has 3 N–H and O–H groups in total. The number of imide groups is 1. The summed E-state index contributed by atoms with van der Waals surface area (Å²) in [5.41, 5.74) is 5.16. The first-order chi connectivity index (χ1) is 11.7. The average Bonchev–Trinajstić information content (AvgIpc) is 2.78. The number of halogens is 1. The molecule has 0 aromatic carbocycles. The van der Waals surface area contributed by atoms with E-state index in [2.05, 4.69) is 5.32 Å². The maximum absolute atomic E-state index is 13.0. The van der Waals surface area contributed by atoms with Crippen LogP contribution in [0.15, 0.2) is 0 Å². The molecular formula is C18H31ClN4O3. The monoisotopic (exact) mass is 386 g/mol. The number of urea groups is 1. The van der Waals surface area contributed by atoms with Crippen molar-refractivity contribution in [3.8, 4) is 0 Å². The fourth-order valence-electron chi connectivity index (χ4n) is 4.46. The van der Waals surface area contributed by atoms with Gasteiger partial charge in [0.15, 0.2) is 0 Å². The molecule has 3 fully saturated rings. The Morgan fingerprint density at radius 2 is 1.96 bits per heavy atom. The van der Waals surface area contributed by atoms with Crippen LogP contribution in [0.5, 0.6) is 0 Å². The van der Waals surface area contributed by atoms with Crippen molar-refractivity contribution in [2.75, 3.05) is 19.6 Å². The lowest BCUT2D eigenvalue weighted by Gasteiger charge is -2.43. The van der Waals surface area contributed by atoms with E-state index in [1.165, 1.54) is 0 Å². The Kier molecular flexibility index (Phi) is 5.93. The predicted molar refractivity (Wildman–Crippen MR) is 101 cm³/mol. The third kappa shape index (κ3) is 3.43. The molecule has 3 rings (SSSR count). The van der Waals surface area contributed by atoms with E-state index < -0.39 is 11.6 Å².